The number of hydrogen-bond donors (Lipinski definition) is 3. The lowest BCUT2D eigenvalue weighted by Crippen LogP contribution is -2.48. The lowest BCUT2D eigenvalue weighted by molar-refractivity contribution is -0.142. The number of aliphatic carboxylic acids is 1. The van der Waals surface area contributed by atoms with Crippen LogP contribution in [0.2, 0.25) is 0 Å². The molecular weight excluding hydrogens is 308 g/mol. The molecule has 120 valence electrons. The molecule has 0 aromatic heterocycles. The first-order chi connectivity index (χ1) is 10.2. The van der Waals surface area contributed by atoms with E-state index >= 15 is 0 Å². The molecule has 2 fully saturated rings. The molecule has 7 heteroatoms. The highest BCUT2D eigenvalue weighted by atomic mass is 32.2. The first-order valence-electron chi connectivity index (χ1n) is 7.63. The smallest absolute Gasteiger partial charge is 0.315 e. The number of nitrogens with one attached hydrogen (secondary N) is 2. The number of hydrogen-bond acceptors (Lipinski definition) is 4. The first-order valence-corrected chi connectivity index (χ1v) is 9.83. The van der Waals surface area contributed by atoms with Crippen LogP contribution in [0.1, 0.15) is 32.1 Å². The Morgan fingerprint density at radius 3 is 2.67 bits per heavy atom. The third-order valence-corrected chi connectivity index (χ3v) is 6.87. The van der Waals surface area contributed by atoms with E-state index in [1.54, 1.807) is 0 Å². The quantitative estimate of drug-likeness (QED) is 0.688. The van der Waals surface area contributed by atoms with Gasteiger partial charge in [0.15, 0.2) is 0 Å². The topological polar surface area (TPSA) is 78.4 Å². The number of amides is 2. The van der Waals surface area contributed by atoms with E-state index in [1.807, 2.05) is 23.5 Å². The molecule has 0 bridgehead atoms. The van der Waals surface area contributed by atoms with Gasteiger partial charge < -0.3 is 15.7 Å². The minimum atomic E-state index is -0.790. The molecule has 21 heavy (non-hydrogen) atoms. The fourth-order valence-corrected chi connectivity index (χ4v) is 5.47. The fraction of sp³-hybridized carbons (Fsp3) is 0.857. The van der Waals surface area contributed by atoms with E-state index in [0.29, 0.717) is 18.2 Å². The average molecular weight is 332 g/mol. The standard InChI is InChI=1S/C14H24N2O3S2/c17-13(18)11-4-2-1-3-5-12(11)16-14(19)15-8-10-9-20-6-7-21-10/h10-12H,1-9H2,(H,17,18)(H2,15,16,19). The number of carbonyl (C=O) groups is 2. The number of carbonyl (C=O) groups excluding carboxylic acids is 1. The molecule has 1 saturated carbocycles. The molecule has 0 aromatic rings. The highest BCUT2D eigenvalue weighted by Crippen LogP contribution is 2.24. The second kappa shape index (κ2) is 8.78. The van der Waals surface area contributed by atoms with Crippen LogP contribution in [0, 0.1) is 5.92 Å². The molecule has 0 radical (unpaired) electrons. The van der Waals surface area contributed by atoms with Gasteiger partial charge in [-0.25, -0.2) is 4.79 Å². The Morgan fingerprint density at radius 1 is 1.14 bits per heavy atom. The summed E-state index contributed by atoms with van der Waals surface area (Å²) in [5.41, 5.74) is 0. The van der Waals surface area contributed by atoms with Crippen LogP contribution in [0.15, 0.2) is 0 Å². The molecule has 3 atom stereocenters. The molecule has 1 saturated heterocycles. The van der Waals surface area contributed by atoms with Gasteiger partial charge in [-0.3, -0.25) is 4.79 Å². The molecule has 1 heterocycles. The summed E-state index contributed by atoms with van der Waals surface area (Å²) in [7, 11) is 0. The van der Waals surface area contributed by atoms with Gasteiger partial charge in [-0.2, -0.15) is 23.5 Å². The van der Waals surface area contributed by atoms with E-state index in [-0.39, 0.29) is 12.1 Å². The Labute approximate surface area is 134 Å². The van der Waals surface area contributed by atoms with Crippen molar-refractivity contribution in [3.63, 3.8) is 0 Å². The number of rotatable bonds is 4. The van der Waals surface area contributed by atoms with Crippen molar-refractivity contribution in [3.05, 3.63) is 0 Å². The fourth-order valence-electron chi connectivity index (χ4n) is 2.86. The zero-order valence-electron chi connectivity index (χ0n) is 12.2. The summed E-state index contributed by atoms with van der Waals surface area (Å²) < 4.78 is 0. The molecule has 2 aliphatic rings. The van der Waals surface area contributed by atoms with E-state index in [0.717, 1.165) is 37.2 Å². The number of carboxylic acids is 1. The highest BCUT2D eigenvalue weighted by Gasteiger charge is 2.30. The Balaban J connectivity index is 1.77. The molecule has 2 rings (SSSR count). The van der Waals surface area contributed by atoms with Crippen LogP contribution in [0.5, 0.6) is 0 Å². The Bertz CT molecular complexity index is 362. The van der Waals surface area contributed by atoms with Crippen molar-refractivity contribution in [2.24, 2.45) is 5.92 Å². The van der Waals surface area contributed by atoms with Crippen molar-refractivity contribution >= 4 is 35.5 Å². The maximum Gasteiger partial charge on any atom is 0.315 e. The van der Waals surface area contributed by atoms with Crippen molar-refractivity contribution in [2.45, 2.75) is 43.4 Å². The Kier molecular flexibility index (Phi) is 7.03. The number of carboxylic acid groups (broad SMARTS) is 1. The van der Waals surface area contributed by atoms with E-state index in [2.05, 4.69) is 10.6 Å². The van der Waals surface area contributed by atoms with Gasteiger partial charge in [-0.15, -0.1) is 0 Å². The monoisotopic (exact) mass is 332 g/mol. The summed E-state index contributed by atoms with van der Waals surface area (Å²) in [4.78, 5) is 23.3. The third kappa shape index (κ3) is 5.62. The van der Waals surface area contributed by atoms with Crippen molar-refractivity contribution in [1.82, 2.24) is 10.6 Å². The summed E-state index contributed by atoms with van der Waals surface area (Å²) in [6.45, 7) is 0.661. The van der Waals surface area contributed by atoms with E-state index in [4.69, 9.17) is 0 Å². The Morgan fingerprint density at radius 2 is 1.95 bits per heavy atom. The largest absolute Gasteiger partial charge is 0.481 e. The third-order valence-electron chi connectivity index (χ3n) is 4.02. The zero-order chi connectivity index (χ0) is 15.1. The summed E-state index contributed by atoms with van der Waals surface area (Å²) in [5, 5.41) is 15.6. The van der Waals surface area contributed by atoms with E-state index in [1.165, 1.54) is 5.75 Å². The minimum absolute atomic E-state index is 0.218. The predicted octanol–water partition coefficient (Wildman–Crippen LogP) is 2.17. The van der Waals surface area contributed by atoms with Crippen LogP contribution in [-0.2, 0) is 4.79 Å². The van der Waals surface area contributed by atoms with Crippen molar-refractivity contribution in [3.8, 4) is 0 Å². The maximum atomic E-state index is 12.0. The molecule has 0 spiro atoms. The minimum Gasteiger partial charge on any atom is -0.481 e. The SMILES string of the molecule is O=C(NCC1CSCCS1)NC1CCCCCC1C(=O)O. The van der Waals surface area contributed by atoms with Crippen LogP contribution in [-0.4, -0.2) is 52.2 Å². The molecular formula is C14H24N2O3S2. The first kappa shape index (κ1) is 16.8. The van der Waals surface area contributed by atoms with Gasteiger partial charge in [0.2, 0.25) is 0 Å². The van der Waals surface area contributed by atoms with Gasteiger partial charge in [-0.1, -0.05) is 19.3 Å². The van der Waals surface area contributed by atoms with Crippen LogP contribution in [0.4, 0.5) is 4.79 Å². The van der Waals surface area contributed by atoms with Gasteiger partial charge >= 0.3 is 12.0 Å². The molecule has 2 amide bonds. The average Bonchev–Trinajstić information content (AvgIpc) is 2.72. The molecule has 5 nitrogen and oxygen atoms in total. The van der Waals surface area contributed by atoms with Crippen LogP contribution in [0.3, 0.4) is 0 Å². The number of urea groups is 1. The van der Waals surface area contributed by atoms with E-state index < -0.39 is 11.9 Å². The predicted molar refractivity (Wildman–Crippen MR) is 88.1 cm³/mol. The second-order valence-corrected chi connectivity index (χ2v) is 8.17. The van der Waals surface area contributed by atoms with Crippen LogP contribution >= 0.6 is 23.5 Å². The molecule has 1 aliphatic carbocycles. The van der Waals surface area contributed by atoms with Crippen molar-refractivity contribution in [1.29, 1.82) is 0 Å². The van der Waals surface area contributed by atoms with Gasteiger partial charge in [-0.05, 0) is 12.8 Å². The van der Waals surface area contributed by atoms with Crippen LogP contribution in [0.25, 0.3) is 0 Å². The normalized spacial score (nSPS) is 30.2. The lowest BCUT2D eigenvalue weighted by Gasteiger charge is -2.25. The number of thioether (sulfide) groups is 2. The van der Waals surface area contributed by atoms with Gasteiger partial charge in [0.25, 0.3) is 0 Å². The molecule has 0 aromatic carbocycles. The van der Waals surface area contributed by atoms with Crippen molar-refractivity contribution in [2.75, 3.05) is 23.8 Å². The zero-order valence-corrected chi connectivity index (χ0v) is 13.8. The Hall–Kier alpha value is -0.560. The molecule has 3 N–H and O–H groups in total. The summed E-state index contributed by atoms with van der Waals surface area (Å²) in [6.07, 6.45) is 4.41. The van der Waals surface area contributed by atoms with Gasteiger partial charge in [0, 0.05) is 35.1 Å². The summed E-state index contributed by atoms with van der Waals surface area (Å²) in [5.74, 6) is 2.17. The van der Waals surface area contributed by atoms with Crippen LogP contribution < -0.4 is 10.6 Å². The maximum absolute atomic E-state index is 12.0. The molecule has 3 unspecified atom stereocenters. The summed E-state index contributed by atoms with van der Waals surface area (Å²) >= 11 is 3.83. The second-order valence-electron chi connectivity index (χ2n) is 5.61. The van der Waals surface area contributed by atoms with Gasteiger partial charge in [0.1, 0.15) is 0 Å². The molecule has 1 aliphatic heterocycles. The summed E-state index contributed by atoms with van der Waals surface area (Å²) in [6, 6.07) is -0.456. The van der Waals surface area contributed by atoms with Crippen molar-refractivity contribution < 1.29 is 14.7 Å². The van der Waals surface area contributed by atoms with Gasteiger partial charge in [0.05, 0.1) is 5.92 Å². The van der Waals surface area contributed by atoms with E-state index in [9.17, 15) is 14.7 Å². The lowest BCUT2D eigenvalue weighted by atomic mass is 9.95. The highest BCUT2D eigenvalue weighted by molar-refractivity contribution is 8.06.